The predicted octanol–water partition coefficient (Wildman–Crippen LogP) is 5.05. The van der Waals surface area contributed by atoms with E-state index < -0.39 is 0 Å². The van der Waals surface area contributed by atoms with Crippen molar-refractivity contribution in [1.82, 2.24) is 15.0 Å². The molecule has 0 aliphatic carbocycles. The summed E-state index contributed by atoms with van der Waals surface area (Å²) in [6.07, 6.45) is 3.50. The number of aromatic nitrogens is 3. The van der Waals surface area contributed by atoms with Crippen molar-refractivity contribution in [2.75, 3.05) is 12.4 Å². The second kappa shape index (κ2) is 6.49. The van der Waals surface area contributed by atoms with Crippen LogP contribution in [0.25, 0.3) is 33.4 Å². The lowest BCUT2D eigenvalue weighted by molar-refractivity contribution is 1.20. The molecule has 5 heteroatoms. The molecular weight excluding hydrogens is 332 g/mol. The van der Waals surface area contributed by atoms with Gasteiger partial charge in [0.25, 0.3) is 0 Å². The second-order valence-electron chi connectivity index (χ2n) is 5.63. The van der Waals surface area contributed by atoms with E-state index in [1.165, 1.54) is 0 Å². The number of hydrogen-bond donors (Lipinski definition) is 1. The lowest BCUT2D eigenvalue weighted by atomic mass is 10.0. The number of hydrogen-bond acceptors (Lipinski definition) is 4. The van der Waals surface area contributed by atoms with E-state index in [2.05, 4.69) is 27.4 Å². The standard InChI is InChI=1S/C20H15ClN4/c1-22-20-17-8-7-14(13-4-2-6-16(21)10-13)11-18(17)24-19(25-20)15-5-3-9-23-12-15/h2-12H,1H3,(H,22,24,25). The van der Waals surface area contributed by atoms with Crippen LogP contribution < -0.4 is 5.32 Å². The van der Waals surface area contributed by atoms with E-state index in [0.29, 0.717) is 10.8 Å². The summed E-state index contributed by atoms with van der Waals surface area (Å²) in [5.74, 6) is 1.44. The maximum absolute atomic E-state index is 6.12. The molecule has 4 rings (SSSR count). The quantitative estimate of drug-likeness (QED) is 0.563. The van der Waals surface area contributed by atoms with Crippen molar-refractivity contribution in [2.45, 2.75) is 0 Å². The number of benzene rings is 2. The third-order valence-electron chi connectivity index (χ3n) is 4.01. The molecular formula is C20H15ClN4. The Bertz CT molecular complexity index is 1050. The van der Waals surface area contributed by atoms with Crippen LogP contribution in [0.4, 0.5) is 5.82 Å². The number of halogens is 1. The number of pyridine rings is 1. The van der Waals surface area contributed by atoms with Crippen LogP contribution in [0.3, 0.4) is 0 Å². The lowest BCUT2D eigenvalue weighted by Gasteiger charge is -2.10. The van der Waals surface area contributed by atoms with Crippen LogP contribution >= 0.6 is 11.6 Å². The zero-order chi connectivity index (χ0) is 17.2. The molecule has 25 heavy (non-hydrogen) atoms. The van der Waals surface area contributed by atoms with Crippen LogP contribution in [0.5, 0.6) is 0 Å². The molecule has 0 bridgehead atoms. The molecule has 122 valence electrons. The first-order valence-electron chi connectivity index (χ1n) is 7.90. The highest BCUT2D eigenvalue weighted by Crippen LogP contribution is 2.29. The molecule has 0 atom stereocenters. The van der Waals surface area contributed by atoms with E-state index in [0.717, 1.165) is 33.4 Å². The molecule has 0 fully saturated rings. The molecule has 2 heterocycles. The molecule has 0 saturated heterocycles. The molecule has 0 unspecified atom stereocenters. The Morgan fingerprint density at radius 1 is 0.880 bits per heavy atom. The molecule has 2 aromatic heterocycles. The highest BCUT2D eigenvalue weighted by Gasteiger charge is 2.10. The van der Waals surface area contributed by atoms with Gasteiger partial charge in [-0.25, -0.2) is 9.97 Å². The highest BCUT2D eigenvalue weighted by atomic mass is 35.5. The van der Waals surface area contributed by atoms with Crippen LogP contribution in [0.1, 0.15) is 0 Å². The number of rotatable bonds is 3. The fourth-order valence-electron chi connectivity index (χ4n) is 2.79. The molecule has 4 aromatic rings. The van der Waals surface area contributed by atoms with Crippen molar-refractivity contribution in [3.8, 4) is 22.5 Å². The average Bonchev–Trinajstić information content (AvgIpc) is 2.67. The summed E-state index contributed by atoms with van der Waals surface area (Å²) < 4.78 is 0. The first kappa shape index (κ1) is 15.5. The van der Waals surface area contributed by atoms with Gasteiger partial charge in [-0.2, -0.15) is 0 Å². The molecule has 0 amide bonds. The molecule has 0 spiro atoms. The van der Waals surface area contributed by atoms with Gasteiger partial charge >= 0.3 is 0 Å². The van der Waals surface area contributed by atoms with Gasteiger partial charge in [0.15, 0.2) is 5.82 Å². The summed E-state index contributed by atoms with van der Waals surface area (Å²) in [7, 11) is 1.86. The average molecular weight is 347 g/mol. The maximum Gasteiger partial charge on any atom is 0.163 e. The minimum Gasteiger partial charge on any atom is -0.373 e. The van der Waals surface area contributed by atoms with Gasteiger partial charge in [-0.1, -0.05) is 29.8 Å². The first-order valence-corrected chi connectivity index (χ1v) is 8.28. The fraction of sp³-hybridized carbons (Fsp3) is 0.0500. The van der Waals surface area contributed by atoms with Crippen LogP contribution in [0.2, 0.25) is 5.02 Å². The van der Waals surface area contributed by atoms with Crippen molar-refractivity contribution in [2.24, 2.45) is 0 Å². The van der Waals surface area contributed by atoms with Crippen molar-refractivity contribution in [3.63, 3.8) is 0 Å². The van der Waals surface area contributed by atoms with Gasteiger partial charge in [-0.05, 0) is 47.5 Å². The maximum atomic E-state index is 6.12. The molecule has 1 N–H and O–H groups in total. The second-order valence-corrected chi connectivity index (χ2v) is 6.07. The Morgan fingerprint density at radius 3 is 2.48 bits per heavy atom. The topological polar surface area (TPSA) is 50.7 Å². The molecule has 4 nitrogen and oxygen atoms in total. The van der Waals surface area contributed by atoms with Crippen LogP contribution in [-0.4, -0.2) is 22.0 Å². The predicted molar refractivity (Wildman–Crippen MR) is 103 cm³/mol. The Morgan fingerprint density at radius 2 is 1.72 bits per heavy atom. The van der Waals surface area contributed by atoms with Gasteiger partial charge in [0.05, 0.1) is 5.52 Å². The highest BCUT2D eigenvalue weighted by molar-refractivity contribution is 6.30. The minimum atomic E-state index is 0.646. The Balaban J connectivity index is 1.91. The summed E-state index contributed by atoms with van der Waals surface area (Å²) in [6, 6.07) is 17.8. The zero-order valence-electron chi connectivity index (χ0n) is 13.6. The third kappa shape index (κ3) is 3.04. The van der Waals surface area contributed by atoms with Crippen LogP contribution in [-0.2, 0) is 0 Å². The third-order valence-corrected chi connectivity index (χ3v) is 4.25. The monoisotopic (exact) mass is 346 g/mol. The first-order chi connectivity index (χ1) is 12.2. The number of nitrogens with one attached hydrogen (secondary N) is 1. The Labute approximate surface area is 150 Å². The molecule has 0 aliphatic rings. The smallest absolute Gasteiger partial charge is 0.163 e. The van der Waals surface area contributed by atoms with E-state index >= 15 is 0 Å². The van der Waals surface area contributed by atoms with E-state index in [-0.39, 0.29) is 0 Å². The normalized spacial score (nSPS) is 10.8. The Kier molecular flexibility index (Phi) is 4.04. The summed E-state index contributed by atoms with van der Waals surface area (Å²) >= 11 is 6.12. The van der Waals surface area contributed by atoms with Crippen molar-refractivity contribution >= 4 is 28.3 Å². The zero-order valence-corrected chi connectivity index (χ0v) is 14.3. The number of fused-ring (bicyclic) bond motifs is 1. The molecule has 0 radical (unpaired) electrons. The Hall–Kier alpha value is -2.98. The number of anilines is 1. The molecule has 0 saturated carbocycles. The fourth-order valence-corrected chi connectivity index (χ4v) is 2.98. The van der Waals surface area contributed by atoms with E-state index in [1.54, 1.807) is 12.4 Å². The van der Waals surface area contributed by atoms with Crippen molar-refractivity contribution < 1.29 is 0 Å². The van der Waals surface area contributed by atoms with Crippen LogP contribution in [0.15, 0.2) is 67.0 Å². The summed E-state index contributed by atoms with van der Waals surface area (Å²) in [5, 5.41) is 4.84. The van der Waals surface area contributed by atoms with Gasteiger partial charge in [0.1, 0.15) is 5.82 Å². The molecule has 2 aromatic carbocycles. The van der Waals surface area contributed by atoms with Gasteiger partial charge < -0.3 is 5.32 Å². The van der Waals surface area contributed by atoms with Gasteiger partial charge in [-0.15, -0.1) is 0 Å². The van der Waals surface area contributed by atoms with Gasteiger partial charge in [0, 0.05) is 35.4 Å². The van der Waals surface area contributed by atoms with E-state index in [4.69, 9.17) is 16.6 Å². The SMILES string of the molecule is CNc1nc(-c2cccnc2)nc2cc(-c3cccc(Cl)c3)ccc12. The number of nitrogens with zero attached hydrogens (tertiary/aromatic N) is 3. The van der Waals surface area contributed by atoms with Crippen molar-refractivity contribution in [1.29, 1.82) is 0 Å². The summed E-state index contributed by atoms with van der Waals surface area (Å²) in [4.78, 5) is 13.5. The van der Waals surface area contributed by atoms with Gasteiger partial charge in [-0.3, -0.25) is 4.98 Å². The van der Waals surface area contributed by atoms with Crippen LogP contribution in [0, 0.1) is 0 Å². The lowest BCUT2D eigenvalue weighted by Crippen LogP contribution is -1.99. The summed E-state index contributed by atoms with van der Waals surface area (Å²) in [6.45, 7) is 0. The molecule has 0 aliphatic heterocycles. The van der Waals surface area contributed by atoms with Crippen molar-refractivity contribution in [3.05, 3.63) is 72.0 Å². The summed E-state index contributed by atoms with van der Waals surface area (Å²) in [5.41, 5.74) is 3.87. The largest absolute Gasteiger partial charge is 0.373 e. The van der Waals surface area contributed by atoms with E-state index in [9.17, 15) is 0 Å². The minimum absolute atomic E-state index is 0.646. The van der Waals surface area contributed by atoms with Gasteiger partial charge in [0.2, 0.25) is 0 Å². The van der Waals surface area contributed by atoms with E-state index in [1.807, 2.05) is 49.5 Å².